The van der Waals surface area contributed by atoms with Gasteiger partial charge in [-0.25, -0.2) is 4.39 Å². The summed E-state index contributed by atoms with van der Waals surface area (Å²) in [6, 6.07) is 9.15. The van der Waals surface area contributed by atoms with Crippen molar-refractivity contribution in [1.82, 2.24) is 5.32 Å². The van der Waals surface area contributed by atoms with Crippen molar-refractivity contribution in [3.63, 3.8) is 0 Å². The lowest BCUT2D eigenvalue weighted by atomic mass is 10.0. The van der Waals surface area contributed by atoms with E-state index in [9.17, 15) is 4.39 Å². The molecule has 1 N–H and O–H groups in total. The maximum Gasteiger partial charge on any atom is 0.124 e. The number of thiophene rings is 1. The van der Waals surface area contributed by atoms with Crippen LogP contribution in [0.5, 0.6) is 0 Å². The molecule has 2 aromatic rings. The highest BCUT2D eigenvalue weighted by atomic mass is 35.5. The van der Waals surface area contributed by atoms with Gasteiger partial charge in [0.1, 0.15) is 5.82 Å². The van der Waals surface area contributed by atoms with Gasteiger partial charge >= 0.3 is 0 Å². The van der Waals surface area contributed by atoms with Crippen molar-refractivity contribution in [2.24, 2.45) is 0 Å². The Bertz CT molecular complexity index is 513. The fraction of sp³-hybridized carbons (Fsp3) is 0.333. The second kappa shape index (κ2) is 7.04. The maximum atomic E-state index is 13.0. The van der Waals surface area contributed by atoms with Crippen LogP contribution in [0.25, 0.3) is 0 Å². The number of rotatable bonds is 6. The lowest BCUT2D eigenvalue weighted by molar-refractivity contribution is 0.524. The average molecular weight is 298 g/mol. The van der Waals surface area contributed by atoms with Crippen molar-refractivity contribution < 1.29 is 4.39 Å². The molecule has 0 fully saturated rings. The van der Waals surface area contributed by atoms with Crippen LogP contribution in [-0.4, -0.2) is 12.6 Å². The molecule has 19 heavy (non-hydrogen) atoms. The van der Waals surface area contributed by atoms with E-state index >= 15 is 0 Å². The van der Waals surface area contributed by atoms with E-state index in [1.165, 1.54) is 17.0 Å². The second-order valence-corrected chi connectivity index (χ2v) is 5.92. The normalized spacial score (nSPS) is 12.6. The first-order valence-corrected chi connectivity index (χ1v) is 7.64. The SMILES string of the molecule is CCNC(Cc1cccs1)Cc1ccc(F)cc1Cl. The van der Waals surface area contributed by atoms with Gasteiger partial charge in [0.2, 0.25) is 0 Å². The van der Waals surface area contributed by atoms with Crippen LogP contribution in [0.15, 0.2) is 35.7 Å². The van der Waals surface area contributed by atoms with Gasteiger partial charge < -0.3 is 5.32 Å². The smallest absolute Gasteiger partial charge is 0.124 e. The maximum absolute atomic E-state index is 13.0. The minimum Gasteiger partial charge on any atom is -0.314 e. The minimum atomic E-state index is -0.285. The van der Waals surface area contributed by atoms with Crippen molar-refractivity contribution in [3.05, 3.63) is 57.0 Å². The van der Waals surface area contributed by atoms with E-state index in [1.54, 1.807) is 17.4 Å². The molecule has 4 heteroatoms. The predicted octanol–water partition coefficient (Wildman–Crippen LogP) is 4.30. The molecule has 0 bridgehead atoms. The molecule has 0 aliphatic carbocycles. The van der Waals surface area contributed by atoms with E-state index in [0.29, 0.717) is 11.1 Å². The topological polar surface area (TPSA) is 12.0 Å². The molecule has 0 aliphatic rings. The summed E-state index contributed by atoms with van der Waals surface area (Å²) in [7, 11) is 0. The molecule has 0 radical (unpaired) electrons. The van der Waals surface area contributed by atoms with Gasteiger partial charge in [0.25, 0.3) is 0 Å². The first-order chi connectivity index (χ1) is 9.19. The van der Waals surface area contributed by atoms with Crippen LogP contribution in [0.3, 0.4) is 0 Å². The van der Waals surface area contributed by atoms with E-state index in [-0.39, 0.29) is 5.82 Å². The quantitative estimate of drug-likeness (QED) is 0.838. The zero-order valence-electron chi connectivity index (χ0n) is 10.8. The lowest BCUT2D eigenvalue weighted by Crippen LogP contribution is -2.32. The van der Waals surface area contributed by atoms with Crippen LogP contribution in [0.2, 0.25) is 5.02 Å². The minimum absolute atomic E-state index is 0.285. The first kappa shape index (κ1) is 14.5. The van der Waals surface area contributed by atoms with Crippen LogP contribution in [0.4, 0.5) is 4.39 Å². The monoisotopic (exact) mass is 297 g/mol. The first-order valence-electron chi connectivity index (χ1n) is 6.38. The van der Waals surface area contributed by atoms with Gasteiger partial charge in [-0.3, -0.25) is 0 Å². The number of hydrogen-bond donors (Lipinski definition) is 1. The molecule has 1 nitrogen and oxygen atoms in total. The number of halogens is 2. The largest absolute Gasteiger partial charge is 0.314 e. The van der Waals surface area contributed by atoms with Crippen molar-refractivity contribution in [3.8, 4) is 0 Å². The Balaban J connectivity index is 2.07. The molecule has 0 spiro atoms. The Kier molecular flexibility index (Phi) is 5.37. The van der Waals surface area contributed by atoms with Gasteiger partial charge in [-0.1, -0.05) is 30.7 Å². The Labute approximate surface area is 122 Å². The van der Waals surface area contributed by atoms with Gasteiger partial charge in [-0.05, 0) is 48.5 Å². The van der Waals surface area contributed by atoms with E-state index in [2.05, 4.69) is 29.8 Å². The number of likely N-dealkylation sites (N-methyl/N-ethyl adjacent to an activating group) is 1. The summed E-state index contributed by atoms with van der Waals surface area (Å²) in [6.07, 6.45) is 1.78. The van der Waals surface area contributed by atoms with Crippen LogP contribution in [0, 0.1) is 5.82 Å². The Morgan fingerprint density at radius 3 is 2.79 bits per heavy atom. The van der Waals surface area contributed by atoms with Crippen LogP contribution < -0.4 is 5.32 Å². The highest BCUT2D eigenvalue weighted by molar-refractivity contribution is 7.09. The summed E-state index contributed by atoms with van der Waals surface area (Å²) < 4.78 is 13.0. The van der Waals surface area contributed by atoms with Crippen LogP contribution in [-0.2, 0) is 12.8 Å². The summed E-state index contributed by atoms with van der Waals surface area (Å²) in [5.74, 6) is -0.285. The molecular weight excluding hydrogens is 281 g/mol. The highest BCUT2D eigenvalue weighted by Gasteiger charge is 2.12. The zero-order valence-corrected chi connectivity index (χ0v) is 12.4. The number of hydrogen-bond acceptors (Lipinski definition) is 2. The lowest BCUT2D eigenvalue weighted by Gasteiger charge is -2.18. The summed E-state index contributed by atoms with van der Waals surface area (Å²) in [4.78, 5) is 1.35. The molecule has 0 saturated heterocycles. The Morgan fingerprint density at radius 2 is 2.16 bits per heavy atom. The molecule has 1 heterocycles. The van der Waals surface area contributed by atoms with E-state index in [4.69, 9.17) is 11.6 Å². The third-order valence-corrected chi connectivity index (χ3v) is 4.25. The van der Waals surface area contributed by atoms with Crippen LogP contribution in [0.1, 0.15) is 17.4 Å². The third kappa shape index (κ3) is 4.30. The zero-order chi connectivity index (χ0) is 13.7. The van der Waals surface area contributed by atoms with E-state index < -0.39 is 0 Å². The molecule has 1 aromatic carbocycles. The number of nitrogens with one attached hydrogen (secondary N) is 1. The molecule has 1 unspecified atom stereocenters. The number of benzene rings is 1. The van der Waals surface area contributed by atoms with Crippen molar-refractivity contribution in [1.29, 1.82) is 0 Å². The van der Waals surface area contributed by atoms with Gasteiger partial charge in [-0.15, -0.1) is 11.3 Å². The molecule has 2 rings (SSSR count). The van der Waals surface area contributed by atoms with Gasteiger partial charge in [0.05, 0.1) is 0 Å². The molecule has 102 valence electrons. The van der Waals surface area contributed by atoms with Gasteiger partial charge in [0, 0.05) is 15.9 Å². The summed E-state index contributed by atoms with van der Waals surface area (Å²) in [5.41, 5.74) is 0.991. The summed E-state index contributed by atoms with van der Waals surface area (Å²) in [5, 5.41) is 6.06. The van der Waals surface area contributed by atoms with Crippen LogP contribution >= 0.6 is 22.9 Å². The van der Waals surface area contributed by atoms with E-state index in [0.717, 1.165) is 24.9 Å². The molecule has 0 saturated carbocycles. The van der Waals surface area contributed by atoms with Gasteiger partial charge in [0.15, 0.2) is 0 Å². The molecule has 0 aliphatic heterocycles. The highest BCUT2D eigenvalue weighted by Crippen LogP contribution is 2.20. The fourth-order valence-electron chi connectivity index (χ4n) is 2.13. The Hall–Kier alpha value is -0.900. The van der Waals surface area contributed by atoms with E-state index in [1.807, 2.05) is 0 Å². The third-order valence-electron chi connectivity index (χ3n) is 3.00. The van der Waals surface area contributed by atoms with Crippen molar-refractivity contribution in [2.45, 2.75) is 25.8 Å². The molecule has 0 amide bonds. The Morgan fingerprint density at radius 1 is 1.32 bits per heavy atom. The van der Waals surface area contributed by atoms with Crippen molar-refractivity contribution in [2.75, 3.05) is 6.54 Å². The molecule has 1 aromatic heterocycles. The predicted molar refractivity (Wildman–Crippen MR) is 80.6 cm³/mol. The second-order valence-electron chi connectivity index (χ2n) is 4.48. The summed E-state index contributed by atoms with van der Waals surface area (Å²) in [6.45, 7) is 3.00. The summed E-state index contributed by atoms with van der Waals surface area (Å²) >= 11 is 7.85. The molecule has 1 atom stereocenters. The van der Waals surface area contributed by atoms with Gasteiger partial charge in [-0.2, -0.15) is 0 Å². The van der Waals surface area contributed by atoms with Crippen molar-refractivity contribution >= 4 is 22.9 Å². The molecular formula is C15H17ClFNS. The standard InChI is InChI=1S/C15H17ClFNS/c1-2-18-13(10-14-4-3-7-19-14)8-11-5-6-12(17)9-15(11)16/h3-7,9,13,18H,2,8,10H2,1H3. The average Bonchev–Trinajstić information content (AvgIpc) is 2.86. The fourth-order valence-corrected chi connectivity index (χ4v) is 3.16.